The molecule has 130 valence electrons. The third-order valence-electron chi connectivity index (χ3n) is 4.67. The van der Waals surface area contributed by atoms with Gasteiger partial charge in [-0.05, 0) is 49.2 Å². The first-order valence-corrected chi connectivity index (χ1v) is 8.48. The van der Waals surface area contributed by atoms with Gasteiger partial charge in [-0.15, -0.1) is 0 Å². The van der Waals surface area contributed by atoms with Crippen LogP contribution in [0.3, 0.4) is 0 Å². The van der Waals surface area contributed by atoms with Gasteiger partial charge < -0.3 is 9.80 Å². The van der Waals surface area contributed by atoms with E-state index in [2.05, 4.69) is 6.92 Å². The fourth-order valence-electron chi connectivity index (χ4n) is 3.22. The number of carbonyl (C=O) groups excluding carboxylic acids is 2. The summed E-state index contributed by atoms with van der Waals surface area (Å²) in [6, 6.07) is 12.7. The molecular weight excluding hydrogens is 319 g/mol. The zero-order valence-electron chi connectivity index (χ0n) is 14.4. The minimum absolute atomic E-state index is 0.0948. The van der Waals surface area contributed by atoms with Gasteiger partial charge in [-0.3, -0.25) is 9.59 Å². The van der Waals surface area contributed by atoms with Crippen molar-refractivity contribution in [2.24, 2.45) is 0 Å². The van der Waals surface area contributed by atoms with Crippen LogP contribution in [0.15, 0.2) is 48.5 Å². The fraction of sp³-hybridized carbons (Fsp3) is 0.300. The summed E-state index contributed by atoms with van der Waals surface area (Å²) in [7, 11) is 0. The number of hydrogen-bond donors (Lipinski definition) is 0. The van der Waals surface area contributed by atoms with E-state index in [1.165, 1.54) is 24.3 Å². The van der Waals surface area contributed by atoms with Crippen LogP contribution in [0.4, 0.5) is 10.1 Å². The van der Waals surface area contributed by atoms with Crippen LogP contribution < -0.4 is 4.90 Å². The molecule has 1 aliphatic heterocycles. The average molecular weight is 340 g/mol. The monoisotopic (exact) mass is 340 g/mol. The molecule has 0 N–H and O–H groups in total. The van der Waals surface area contributed by atoms with Gasteiger partial charge >= 0.3 is 0 Å². The van der Waals surface area contributed by atoms with Crippen molar-refractivity contribution in [2.45, 2.75) is 26.3 Å². The van der Waals surface area contributed by atoms with Gasteiger partial charge in [-0.25, -0.2) is 4.39 Å². The molecule has 5 heteroatoms. The molecular formula is C20H21FN2O2. The summed E-state index contributed by atoms with van der Waals surface area (Å²) >= 11 is 0. The van der Waals surface area contributed by atoms with Gasteiger partial charge in [0, 0.05) is 24.3 Å². The molecule has 4 nitrogen and oxygen atoms in total. The van der Waals surface area contributed by atoms with E-state index in [1.54, 1.807) is 16.7 Å². The second-order valence-corrected chi connectivity index (χ2v) is 6.15. The average Bonchev–Trinajstić information content (AvgIpc) is 2.64. The van der Waals surface area contributed by atoms with Crippen LogP contribution in [0.2, 0.25) is 0 Å². The molecule has 0 saturated carbocycles. The highest BCUT2D eigenvalue weighted by Gasteiger charge is 2.35. The Morgan fingerprint density at radius 1 is 1.12 bits per heavy atom. The molecule has 2 aromatic carbocycles. The molecule has 2 aromatic rings. The molecule has 0 aliphatic carbocycles. The molecule has 0 spiro atoms. The summed E-state index contributed by atoms with van der Waals surface area (Å²) in [5.74, 6) is -0.728. The minimum atomic E-state index is -0.559. The highest BCUT2D eigenvalue weighted by molar-refractivity contribution is 6.03. The van der Waals surface area contributed by atoms with Gasteiger partial charge in [0.15, 0.2) is 0 Å². The van der Waals surface area contributed by atoms with Crippen LogP contribution in [-0.2, 0) is 11.2 Å². The molecule has 2 amide bonds. The highest BCUT2D eigenvalue weighted by atomic mass is 19.1. The lowest BCUT2D eigenvalue weighted by molar-refractivity contribution is -0.124. The number of piperazine rings is 1. The predicted molar refractivity (Wildman–Crippen MR) is 95.1 cm³/mol. The normalized spacial score (nSPS) is 17.7. The maximum Gasteiger partial charge on any atom is 0.254 e. The van der Waals surface area contributed by atoms with Crippen LogP contribution in [0, 0.1) is 5.82 Å². The first kappa shape index (κ1) is 17.1. The van der Waals surface area contributed by atoms with Gasteiger partial charge in [0.1, 0.15) is 11.9 Å². The van der Waals surface area contributed by atoms with Crippen molar-refractivity contribution in [3.05, 3.63) is 65.5 Å². The summed E-state index contributed by atoms with van der Waals surface area (Å²) in [6.07, 6.45) is 0.840. The largest absolute Gasteiger partial charge is 0.325 e. The maximum atomic E-state index is 13.1. The Morgan fingerprint density at radius 3 is 2.48 bits per heavy atom. The van der Waals surface area contributed by atoms with Gasteiger partial charge in [0.25, 0.3) is 5.91 Å². The lowest BCUT2D eigenvalue weighted by Crippen LogP contribution is -2.58. The van der Waals surface area contributed by atoms with Gasteiger partial charge in [-0.1, -0.05) is 25.1 Å². The zero-order chi connectivity index (χ0) is 18.0. The molecule has 0 aromatic heterocycles. The Kier molecular flexibility index (Phi) is 4.83. The van der Waals surface area contributed by atoms with Crippen LogP contribution in [0.1, 0.15) is 29.8 Å². The van der Waals surface area contributed by atoms with E-state index in [-0.39, 0.29) is 17.6 Å². The number of benzene rings is 2. The Labute approximate surface area is 146 Å². The van der Waals surface area contributed by atoms with Crippen molar-refractivity contribution in [2.75, 3.05) is 18.0 Å². The predicted octanol–water partition coefficient (Wildman–Crippen LogP) is 3.27. The Balaban J connectivity index is 1.82. The number of anilines is 1. The second-order valence-electron chi connectivity index (χ2n) is 6.15. The molecule has 0 radical (unpaired) electrons. The van der Waals surface area contributed by atoms with E-state index in [9.17, 15) is 14.0 Å². The molecule has 1 fully saturated rings. The smallest absolute Gasteiger partial charge is 0.254 e. The molecule has 1 aliphatic rings. The van der Waals surface area contributed by atoms with E-state index in [4.69, 9.17) is 0 Å². The van der Waals surface area contributed by atoms with Gasteiger partial charge in [0.2, 0.25) is 5.91 Å². The van der Waals surface area contributed by atoms with Gasteiger partial charge in [-0.2, -0.15) is 0 Å². The van der Waals surface area contributed by atoms with Crippen LogP contribution in [0.25, 0.3) is 0 Å². The Bertz CT molecular complexity index is 789. The van der Waals surface area contributed by atoms with E-state index in [0.29, 0.717) is 18.7 Å². The molecule has 1 atom stereocenters. The molecule has 0 bridgehead atoms. The SMILES string of the molecule is CCc1ccccc1N1CCN(C(=O)c2ccc(F)cc2)[C@@H](C)C1=O. The van der Waals surface area contributed by atoms with Crippen molar-refractivity contribution < 1.29 is 14.0 Å². The minimum Gasteiger partial charge on any atom is -0.325 e. The second kappa shape index (κ2) is 7.05. The quantitative estimate of drug-likeness (QED) is 0.860. The zero-order valence-corrected chi connectivity index (χ0v) is 14.4. The first-order chi connectivity index (χ1) is 12.0. The van der Waals surface area contributed by atoms with Crippen LogP contribution >= 0.6 is 0 Å². The summed E-state index contributed by atoms with van der Waals surface area (Å²) < 4.78 is 13.1. The number of halogens is 1. The number of hydrogen-bond acceptors (Lipinski definition) is 2. The third-order valence-corrected chi connectivity index (χ3v) is 4.67. The molecule has 1 heterocycles. The molecule has 3 rings (SSSR count). The molecule has 1 saturated heterocycles. The summed E-state index contributed by atoms with van der Waals surface area (Å²) in [5, 5.41) is 0. The summed E-state index contributed by atoms with van der Waals surface area (Å²) in [4.78, 5) is 28.9. The van der Waals surface area contributed by atoms with Crippen molar-refractivity contribution in [3.8, 4) is 0 Å². The fourth-order valence-corrected chi connectivity index (χ4v) is 3.22. The Hall–Kier alpha value is -2.69. The lowest BCUT2D eigenvalue weighted by Gasteiger charge is -2.39. The standard InChI is InChI=1S/C20H21FN2O2/c1-3-15-6-4-5-7-18(15)23-13-12-22(14(2)19(23)24)20(25)16-8-10-17(21)11-9-16/h4-11,14H,3,12-13H2,1-2H3/t14-/m0/s1. The summed E-state index contributed by atoms with van der Waals surface area (Å²) in [6.45, 7) is 4.69. The first-order valence-electron chi connectivity index (χ1n) is 8.48. The molecule has 25 heavy (non-hydrogen) atoms. The van der Waals surface area contributed by atoms with E-state index in [1.807, 2.05) is 24.3 Å². The Morgan fingerprint density at radius 2 is 1.80 bits per heavy atom. The number of para-hydroxylation sites is 1. The highest BCUT2D eigenvalue weighted by Crippen LogP contribution is 2.25. The summed E-state index contributed by atoms with van der Waals surface area (Å²) in [5.41, 5.74) is 2.42. The number of aryl methyl sites for hydroxylation is 1. The van der Waals surface area contributed by atoms with Crippen molar-refractivity contribution in [1.29, 1.82) is 0 Å². The molecule has 0 unspecified atom stereocenters. The van der Waals surface area contributed by atoms with Crippen molar-refractivity contribution in [1.82, 2.24) is 4.90 Å². The van der Waals surface area contributed by atoms with E-state index >= 15 is 0 Å². The number of nitrogens with zero attached hydrogens (tertiary/aromatic N) is 2. The van der Waals surface area contributed by atoms with Crippen molar-refractivity contribution in [3.63, 3.8) is 0 Å². The van der Waals surface area contributed by atoms with E-state index < -0.39 is 6.04 Å². The topological polar surface area (TPSA) is 40.6 Å². The van der Waals surface area contributed by atoms with E-state index in [0.717, 1.165) is 17.7 Å². The third kappa shape index (κ3) is 3.27. The number of rotatable bonds is 3. The van der Waals surface area contributed by atoms with Crippen LogP contribution in [0.5, 0.6) is 0 Å². The lowest BCUT2D eigenvalue weighted by atomic mass is 10.1. The number of carbonyl (C=O) groups is 2. The van der Waals surface area contributed by atoms with Crippen LogP contribution in [-0.4, -0.2) is 35.8 Å². The van der Waals surface area contributed by atoms with Gasteiger partial charge in [0.05, 0.1) is 0 Å². The number of amides is 2. The van der Waals surface area contributed by atoms with Crippen molar-refractivity contribution >= 4 is 17.5 Å². The maximum absolute atomic E-state index is 13.1.